The van der Waals surface area contributed by atoms with Gasteiger partial charge in [-0.1, -0.05) is 26.0 Å². The van der Waals surface area contributed by atoms with Gasteiger partial charge >= 0.3 is 0 Å². The fourth-order valence-electron chi connectivity index (χ4n) is 2.05. The lowest BCUT2D eigenvalue weighted by atomic mass is 9.97. The number of rotatable bonds is 4. The van der Waals surface area contributed by atoms with Crippen molar-refractivity contribution in [3.05, 3.63) is 30.5 Å². The second-order valence-electron chi connectivity index (χ2n) is 4.98. The van der Waals surface area contributed by atoms with E-state index >= 15 is 0 Å². The van der Waals surface area contributed by atoms with Gasteiger partial charge < -0.3 is 9.32 Å². The maximum atomic E-state index is 9.16. The molecule has 2 aromatic rings. The van der Waals surface area contributed by atoms with Crippen LogP contribution in [0.2, 0.25) is 0 Å². The van der Waals surface area contributed by atoms with Gasteiger partial charge in [0.05, 0.1) is 17.7 Å². The first-order valence-electron chi connectivity index (χ1n) is 6.20. The van der Waals surface area contributed by atoms with Crippen molar-refractivity contribution in [2.45, 2.75) is 13.8 Å². The summed E-state index contributed by atoms with van der Waals surface area (Å²) in [5, 5.41) is 10.3. The van der Waals surface area contributed by atoms with E-state index < -0.39 is 0 Å². The molecule has 18 heavy (non-hydrogen) atoms. The van der Waals surface area contributed by atoms with Crippen molar-refractivity contribution in [1.29, 1.82) is 5.26 Å². The summed E-state index contributed by atoms with van der Waals surface area (Å²) in [6.07, 6.45) is 1.76. The molecule has 0 aliphatic carbocycles. The average Bonchev–Trinajstić information content (AvgIpc) is 2.79. The van der Waals surface area contributed by atoms with Crippen molar-refractivity contribution in [2.75, 3.05) is 18.5 Å². The fourth-order valence-corrected chi connectivity index (χ4v) is 2.05. The van der Waals surface area contributed by atoms with Crippen LogP contribution >= 0.6 is 0 Å². The molecule has 0 spiro atoms. The van der Waals surface area contributed by atoms with Crippen molar-refractivity contribution < 1.29 is 4.42 Å². The Balaban J connectivity index is 2.24. The van der Waals surface area contributed by atoms with Crippen LogP contribution in [0.15, 0.2) is 34.9 Å². The number of benzene rings is 1. The van der Waals surface area contributed by atoms with Gasteiger partial charge in [0.2, 0.25) is 0 Å². The second-order valence-corrected chi connectivity index (χ2v) is 4.98. The van der Waals surface area contributed by atoms with E-state index in [-0.39, 0.29) is 5.92 Å². The number of anilines is 1. The summed E-state index contributed by atoms with van der Waals surface area (Å²) >= 11 is 0. The molecule has 3 nitrogen and oxygen atoms in total. The molecule has 2 rings (SSSR count). The monoisotopic (exact) mass is 242 g/mol. The van der Waals surface area contributed by atoms with E-state index in [1.165, 1.54) is 0 Å². The van der Waals surface area contributed by atoms with Crippen LogP contribution in [0, 0.1) is 23.2 Å². The van der Waals surface area contributed by atoms with Gasteiger partial charge in [0, 0.05) is 19.0 Å². The van der Waals surface area contributed by atoms with Crippen molar-refractivity contribution in [3.63, 3.8) is 0 Å². The molecular weight excluding hydrogens is 224 g/mol. The molecule has 1 aromatic heterocycles. The Labute approximate surface area is 108 Å². The highest BCUT2D eigenvalue weighted by Crippen LogP contribution is 2.29. The quantitative estimate of drug-likeness (QED) is 0.821. The van der Waals surface area contributed by atoms with Crippen LogP contribution in [-0.4, -0.2) is 13.6 Å². The van der Waals surface area contributed by atoms with E-state index in [4.69, 9.17) is 9.68 Å². The molecule has 0 fully saturated rings. The van der Waals surface area contributed by atoms with Crippen LogP contribution in [0.4, 0.5) is 5.69 Å². The number of hydrogen-bond donors (Lipinski definition) is 0. The molecule has 0 N–H and O–H groups in total. The largest absolute Gasteiger partial charge is 0.462 e. The number of nitriles is 1. The predicted octanol–water partition coefficient (Wildman–Crippen LogP) is 3.66. The molecule has 0 saturated heterocycles. The highest BCUT2D eigenvalue weighted by Gasteiger charge is 2.17. The van der Waals surface area contributed by atoms with E-state index in [2.05, 4.69) is 24.8 Å². The SMILES string of the molecule is CC(C)C(C#N)CN(C)c1coc2ccccc12. The summed E-state index contributed by atoms with van der Waals surface area (Å²) < 4.78 is 5.52. The topological polar surface area (TPSA) is 40.2 Å². The third-order valence-electron chi connectivity index (χ3n) is 3.31. The smallest absolute Gasteiger partial charge is 0.136 e. The molecular formula is C15H18N2O. The normalized spacial score (nSPS) is 12.6. The Morgan fingerprint density at radius 3 is 2.72 bits per heavy atom. The van der Waals surface area contributed by atoms with Crippen molar-refractivity contribution in [2.24, 2.45) is 11.8 Å². The molecule has 0 radical (unpaired) electrons. The van der Waals surface area contributed by atoms with Gasteiger partial charge in [0.25, 0.3) is 0 Å². The van der Waals surface area contributed by atoms with Gasteiger partial charge in [0.1, 0.15) is 11.8 Å². The fraction of sp³-hybridized carbons (Fsp3) is 0.400. The zero-order chi connectivity index (χ0) is 13.1. The Bertz CT molecular complexity index is 565. The maximum Gasteiger partial charge on any atom is 0.136 e. The van der Waals surface area contributed by atoms with Crippen LogP contribution in [-0.2, 0) is 0 Å². The van der Waals surface area contributed by atoms with Crippen LogP contribution in [0.5, 0.6) is 0 Å². The highest BCUT2D eigenvalue weighted by molar-refractivity contribution is 5.90. The summed E-state index contributed by atoms with van der Waals surface area (Å²) in [6, 6.07) is 10.3. The Morgan fingerprint density at radius 2 is 2.06 bits per heavy atom. The van der Waals surface area contributed by atoms with Gasteiger partial charge in [-0.05, 0) is 18.1 Å². The number of para-hydroxylation sites is 1. The summed E-state index contributed by atoms with van der Waals surface area (Å²) in [6.45, 7) is 4.88. The van der Waals surface area contributed by atoms with E-state index in [0.29, 0.717) is 5.92 Å². The van der Waals surface area contributed by atoms with E-state index in [1.54, 1.807) is 6.26 Å². The number of nitrogens with zero attached hydrogens (tertiary/aromatic N) is 2. The van der Waals surface area contributed by atoms with Crippen molar-refractivity contribution in [1.82, 2.24) is 0 Å². The molecule has 1 aromatic carbocycles. The first-order chi connectivity index (χ1) is 8.63. The van der Waals surface area contributed by atoms with Gasteiger partial charge in [0.15, 0.2) is 0 Å². The predicted molar refractivity (Wildman–Crippen MR) is 73.4 cm³/mol. The molecule has 1 heterocycles. The molecule has 0 amide bonds. The Hall–Kier alpha value is -1.95. The lowest BCUT2D eigenvalue weighted by Crippen LogP contribution is -2.27. The lowest BCUT2D eigenvalue weighted by molar-refractivity contribution is 0.477. The Morgan fingerprint density at radius 1 is 1.33 bits per heavy atom. The van der Waals surface area contributed by atoms with Gasteiger partial charge in [-0.3, -0.25) is 0 Å². The van der Waals surface area contributed by atoms with E-state index in [1.807, 2.05) is 31.3 Å². The molecule has 0 aliphatic rings. The van der Waals surface area contributed by atoms with E-state index in [9.17, 15) is 0 Å². The lowest BCUT2D eigenvalue weighted by Gasteiger charge is -2.22. The summed E-state index contributed by atoms with van der Waals surface area (Å²) in [4.78, 5) is 2.10. The minimum Gasteiger partial charge on any atom is -0.462 e. The molecule has 0 aliphatic heterocycles. The highest BCUT2D eigenvalue weighted by atomic mass is 16.3. The van der Waals surface area contributed by atoms with Gasteiger partial charge in [-0.25, -0.2) is 0 Å². The van der Waals surface area contributed by atoms with Gasteiger partial charge in [-0.15, -0.1) is 0 Å². The third kappa shape index (κ3) is 2.33. The summed E-state index contributed by atoms with van der Waals surface area (Å²) in [7, 11) is 2.00. The maximum absolute atomic E-state index is 9.16. The van der Waals surface area contributed by atoms with Crippen LogP contribution < -0.4 is 4.90 Å². The van der Waals surface area contributed by atoms with Gasteiger partial charge in [-0.2, -0.15) is 5.26 Å². The molecule has 0 saturated carbocycles. The van der Waals surface area contributed by atoms with Crippen LogP contribution in [0.3, 0.4) is 0 Å². The van der Waals surface area contributed by atoms with Crippen LogP contribution in [0.25, 0.3) is 11.0 Å². The first-order valence-corrected chi connectivity index (χ1v) is 6.20. The number of fused-ring (bicyclic) bond motifs is 1. The molecule has 0 bridgehead atoms. The molecule has 1 atom stereocenters. The third-order valence-corrected chi connectivity index (χ3v) is 3.31. The second kappa shape index (κ2) is 5.14. The zero-order valence-corrected chi connectivity index (χ0v) is 11.1. The Kier molecular flexibility index (Phi) is 3.57. The standard InChI is InChI=1S/C15H18N2O/c1-11(2)12(8-16)9-17(3)14-10-18-15-7-5-4-6-13(14)15/h4-7,10-12H,9H2,1-3H3. The number of furan rings is 1. The first kappa shape index (κ1) is 12.5. The molecule has 94 valence electrons. The summed E-state index contributed by atoms with van der Waals surface area (Å²) in [5.74, 6) is 0.388. The average molecular weight is 242 g/mol. The van der Waals surface area contributed by atoms with Crippen LogP contribution in [0.1, 0.15) is 13.8 Å². The van der Waals surface area contributed by atoms with E-state index in [0.717, 1.165) is 23.2 Å². The molecule has 3 heteroatoms. The minimum atomic E-state index is 0.0312. The molecule has 1 unspecified atom stereocenters. The van der Waals surface area contributed by atoms with Crippen molar-refractivity contribution in [3.8, 4) is 6.07 Å². The summed E-state index contributed by atoms with van der Waals surface area (Å²) in [5.41, 5.74) is 1.93. The zero-order valence-electron chi connectivity index (χ0n) is 11.1. The minimum absolute atomic E-state index is 0.0312. The van der Waals surface area contributed by atoms with Crippen molar-refractivity contribution >= 4 is 16.7 Å². The number of hydrogen-bond acceptors (Lipinski definition) is 3.